The number of aliphatic hydroxyl groups is 1. The summed E-state index contributed by atoms with van der Waals surface area (Å²) in [6, 6.07) is 3.90. The summed E-state index contributed by atoms with van der Waals surface area (Å²) in [7, 11) is 0. The molecular formula is C14H21ClN2O3. The van der Waals surface area contributed by atoms with Crippen LogP contribution in [-0.2, 0) is 0 Å². The van der Waals surface area contributed by atoms with Crippen LogP contribution in [-0.4, -0.2) is 37.5 Å². The van der Waals surface area contributed by atoms with E-state index in [9.17, 15) is 0 Å². The van der Waals surface area contributed by atoms with Crippen molar-refractivity contribution < 1.29 is 14.6 Å². The number of hydrogen-bond donors (Lipinski definition) is 3. The molecule has 1 aliphatic heterocycles. The molecule has 1 aromatic carbocycles. The van der Waals surface area contributed by atoms with Gasteiger partial charge in [-0.15, -0.1) is 0 Å². The summed E-state index contributed by atoms with van der Waals surface area (Å²) < 4.78 is 11.1. The number of hydrogen-bond acceptors (Lipinski definition) is 5. The topological polar surface area (TPSA) is 76.7 Å². The highest BCUT2D eigenvalue weighted by Gasteiger charge is 2.20. The van der Waals surface area contributed by atoms with E-state index in [1.54, 1.807) is 0 Å². The van der Waals surface area contributed by atoms with Gasteiger partial charge in [-0.2, -0.15) is 0 Å². The van der Waals surface area contributed by atoms with E-state index in [4.69, 9.17) is 31.9 Å². The summed E-state index contributed by atoms with van der Waals surface area (Å²) >= 11 is 6.23. The number of ether oxygens (including phenoxy) is 2. The van der Waals surface area contributed by atoms with Crippen LogP contribution in [0.4, 0.5) is 0 Å². The largest absolute Gasteiger partial charge is 0.486 e. The molecule has 0 fully saturated rings. The third-order valence-corrected chi connectivity index (χ3v) is 3.59. The Morgan fingerprint density at radius 1 is 1.40 bits per heavy atom. The summed E-state index contributed by atoms with van der Waals surface area (Å²) in [4.78, 5) is 0. The summed E-state index contributed by atoms with van der Waals surface area (Å²) in [5, 5.41) is 12.9. The SMILES string of the molecule is CC(CCO)NC(CN)c1cc(Cl)c2c(c1)OCCO2. The average Bonchev–Trinajstić information content (AvgIpc) is 2.45. The molecule has 0 bridgehead atoms. The molecule has 0 saturated carbocycles. The molecule has 5 nitrogen and oxygen atoms in total. The maximum absolute atomic E-state index is 8.97. The van der Waals surface area contributed by atoms with Crippen LogP contribution >= 0.6 is 11.6 Å². The van der Waals surface area contributed by atoms with E-state index in [0.29, 0.717) is 42.7 Å². The van der Waals surface area contributed by atoms with Gasteiger partial charge < -0.3 is 25.6 Å². The highest BCUT2D eigenvalue weighted by molar-refractivity contribution is 6.32. The van der Waals surface area contributed by atoms with Crippen molar-refractivity contribution in [2.24, 2.45) is 5.73 Å². The van der Waals surface area contributed by atoms with E-state index < -0.39 is 0 Å². The van der Waals surface area contributed by atoms with Crippen LogP contribution in [0.3, 0.4) is 0 Å². The van der Waals surface area contributed by atoms with Crippen molar-refractivity contribution in [1.29, 1.82) is 0 Å². The molecule has 0 aliphatic carbocycles. The van der Waals surface area contributed by atoms with E-state index in [1.165, 1.54) is 0 Å². The lowest BCUT2D eigenvalue weighted by Crippen LogP contribution is -2.35. The number of benzene rings is 1. The first-order chi connectivity index (χ1) is 9.65. The number of rotatable bonds is 6. The molecule has 20 heavy (non-hydrogen) atoms. The molecule has 1 heterocycles. The van der Waals surface area contributed by atoms with E-state index in [0.717, 1.165) is 5.56 Å². The maximum atomic E-state index is 8.97. The van der Waals surface area contributed by atoms with Crippen LogP contribution in [0.15, 0.2) is 12.1 Å². The first-order valence-corrected chi connectivity index (χ1v) is 7.19. The molecule has 2 unspecified atom stereocenters. The Balaban J connectivity index is 2.19. The minimum Gasteiger partial charge on any atom is -0.486 e. The third kappa shape index (κ3) is 3.55. The van der Waals surface area contributed by atoms with Crippen LogP contribution in [0.5, 0.6) is 11.5 Å². The van der Waals surface area contributed by atoms with Crippen LogP contribution in [0, 0.1) is 0 Å². The summed E-state index contributed by atoms with van der Waals surface area (Å²) in [5.41, 5.74) is 6.80. The Kier molecular flexibility index (Phi) is 5.48. The summed E-state index contributed by atoms with van der Waals surface area (Å²) in [5.74, 6) is 1.26. The fourth-order valence-corrected chi connectivity index (χ4v) is 2.53. The standard InChI is InChI=1S/C14H21ClN2O3/c1-9(2-3-18)17-12(8-16)10-6-11(15)14-13(7-10)19-4-5-20-14/h6-7,9,12,17-18H,2-5,8,16H2,1H3. The van der Waals surface area contributed by atoms with Crippen molar-refractivity contribution in [2.75, 3.05) is 26.4 Å². The van der Waals surface area contributed by atoms with E-state index >= 15 is 0 Å². The number of nitrogens with one attached hydrogen (secondary N) is 1. The van der Waals surface area contributed by atoms with Gasteiger partial charge in [0, 0.05) is 25.2 Å². The van der Waals surface area contributed by atoms with Gasteiger partial charge in [-0.3, -0.25) is 0 Å². The van der Waals surface area contributed by atoms with Crippen LogP contribution in [0.2, 0.25) is 5.02 Å². The number of nitrogens with two attached hydrogens (primary N) is 1. The van der Waals surface area contributed by atoms with Crippen molar-refractivity contribution in [3.05, 3.63) is 22.7 Å². The van der Waals surface area contributed by atoms with E-state index in [-0.39, 0.29) is 18.7 Å². The smallest absolute Gasteiger partial charge is 0.179 e. The number of aliphatic hydroxyl groups excluding tert-OH is 1. The Hall–Kier alpha value is -1.01. The fraction of sp³-hybridized carbons (Fsp3) is 0.571. The number of fused-ring (bicyclic) bond motifs is 1. The molecule has 1 aliphatic rings. The lowest BCUT2D eigenvalue weighted by atomic mass is 10.0. The summed E-state index contributed by atoms with van der Waals surface area (Å²) in [6.45, 7) is 3.63. The Morgan fingerprint density at radius 2 is 2.15 bits per heavy atom. The predicted octanol–water partition coefficient (Wildman–Crippen LogP) is 1.47. The maximum Gasteiger partial charge on any atom is 0.179 e. The van der Waals surface area contributed by atoms with Crippen LogP contribution in [0.1, 0.15) is 24.9 Å². The van der Waals surface area contributed by atoms with Gasteiger partial charge >= 0.3 is 0 Å². The second-order valence-electron chi connectivity index (χ2n) is 4.90. The average molecular weight is 301 g/mol. The minimum atomic E-state index is -0.0372. The molecule has 0 radical (unpaired) electrons. The lowest BCUT2D eigenvalue weighted by molar-refractivity contribution is 0.171. The zero-order chi connectivity index (χ0) is 14.5. The Labute approximate surface area is 124 Å². The quantitative estimate of drug-likeness (QED) is 0.742. The molecule has 0 amide bonds. The van der Waals surface area contributed by atoms with E-state index in [2.05, 4.69) is 5.32 Å². The van der Waals surface area contributed by atoms with Crippen LogP contribution in [0.25, 0.3) is 0 Å². The molecule has 112 valence electrons. The van der Waals surface area contributed by atoms with Crippen molar-refractivity contribution in [3.8, 4) is 11.5 Å². The van der Waals surface area contributed by atoms with Gasteiger partial charge in [-0.05, 0) is 31.0 Å². The Bertz CT molecular complexity index is 456. The van der Waals surface area contributed by atoms with Crippen molar-refractivity contribution in [1.82, 2.24) is 5.32 Å². The van der Waals surface area contributed by atoms with Crippen molar-refractivity contribution >= 4 is 11.6 Å². The highest BCUT2D eigenvalue weighted by atomic mass is 35.5. The minimum absolute atomic E-state index is 0.0372. The van der Waals surface area contributed by atoms with Gasteiger partial charge in [0.15, 0.2) is 11.5 Å². The molecule has 0 spiro atoms. The van der Waals surface area contributed by atoms with Gasteiger partial charge in [0.2, 0.25) is 0 Å². The second-order valence-corrected chi connectivity index (χ2v) is 5.30. The third-order valence-electron chi connectivity index (χ3n) is 3.31. The number of halogens is 1. The normalized spacial score (nSPS) is 16.8. The second kappa shape index (κ2) is 7.13. The first-order valence-electron chi connectivity index (χ1n) is 6.81. The van der Waals surface area contributed by atoms with Crippen molar-refractivity contribution in [3.63, 3.8) is 0 Å². The lowest BCUT2D eigenvalue weighted by Gasteiger charge is -2.25. The molecule has 1 aromatic rings. The van der Waals surface area contributed by atoms with Crippen LogP contribution < -0.4 is 20.5 Å². The monoisotopic (exact) mass is 300 g/mol. The van der Waals surface area contributed by atoms with Crippen molar-refractivity contribution in [2.45, 2.75) is 25.4 Å². The molecule has 0 aromatic heterocycles. The zero-order valence-electron chi connectivity index (χ0n) is 11.6. The summed E-state index contributed by atoms with van der Waals surface area (Å²) in [6.07, 6.45) is 0.675. The fourth-order valence-electron chi connectivity index (χ4n) is 2.25. The van der Waals surface area contributed by atoms with Gasteiger partial charge in [0.25, 0.3) is 0 Å². The van der Waals surface area contributed by atoms with Gasteiger partial charge in [0.05, 0.1) is 5.02 Å². The molecule has 0 saturated heterocycles. The molecule has 4 N–H and O–H groups in total. The first kappa shape index (κ1) is 15.4. The predicted molar refractivity (Wildman–Crippen MR) is 78.5 cm³/mol. The molecular weight excluding hydrogens is 280 g/mol. The molecule has 2 rings (SSSR count). The van der Waals surface area contributed by atoms with E-state index in [1.807, 2.05) is 19.1 Å². The van der Waals surface area contributed by atoms with Gasteiger partial charge in [-0.25, -0.2) is 0 Å². The molecule has 6 heteroatoms. The highest BCUT2D eigenvalue weighted by Crippen LogP contribution is 2.39. The van der Waals surface area contributed by atoms with Gasteiger partial charge in [0.1, 0.15) is 13.2 Å². The Morgan fingerprint density at radius 3 is 2.85 bits per heavy atom. The van der Waals surface area contributed by atoms with Gasteiger partial charge in [-0.1, -0.05) is 11.6 Å². The molecule has 2 atom stereocenters. The zero-order valence-corrected chi connectivity index (χ0v) is 12.3.